The Balaban J connectivity index is 3.32. The molecule has 1 aromatic rings. The lowest BCUT2D eigenvalue weighted by atomic mass is 9.98. The monoisotopic (exact) mass is 304 g/mol. The van der Waals surface area contributed by atoms with Crippen molar-refractivity contribution >= 4 is 29.3 Å². The van der Waals surface area contributed by atoms with Crippen molar-refractivity contribution in [3.63, 3.8) is 0 Å². The van der Waals surface area contributed by atoms with Crippen LogP contribution in [0.25, 0.3) is 0 Å². The third-order valence-electron chi connectivity index (χ3n) is 2.80. The Morgan fingerprint density at radius 1 is 1.42 bits per heavy atom. The van der Waals surface area contributed by atoms with Crippen LogP contribution in [-0.4, -0.2) is 28.2 Å². The van der Waals surface area contributed by atoms with Crippen molar-refractivity contribution in [3.05, 3.63) is 33.8 Å². The summed E-state index contributed by atoms with van der Waals surface area (Å²) in [7, 11) is 0. The number of benzene rings is 1. The van der Waals surface area contributed by atoms with Crippen molar-refractivity contribution in [2.75, 3.05) is 6.54 Å². The standard InChI is InChI=1S/C13H18Cl2N2O2/c1-13(2,3)17(12(18)19)10(7-16)8-5-4-6-9(14)11(8)15/h4-6,10H,7,16H2,1-3H3,(H,18,19). The number of carbonyl (C=O) groups is 1. The molecule has 0 saturated carbocycles. The minimum atomic E-state index is -1.04. The second kappa shape index (κ2) is 5.99. The van der Waals surface area contributed by atoms with Crippen LogP contribution >= 0.6 is 23.2 Å². The van der Waals surface area contributed by atoms with E-state index in [0.29, 0.717) is 15.6 Å². The van der Waals surface area contributed by atoms with Crippen LogP contribution in [0.4, 0.5) is 4.79 Å². The molecule has 0 bridgehead atoms. The predicted molar refractivity (Wildman–Crippen MR) is 77.9 cm³/mol. The first-order valence-electron chi connectivity index (χ1n) is 5.86. The lowest BCUT2D eigenvalue weighted by molar-refractivity contribution is 0.0721. The van der Waals surface area contributed by atoms with Gasteiger partial charge < -0.3 is 10.8 Å². The lowest BCUT2D eigenvalue weighted by Crippen LogP contribution is -2.49. The van der Waals surface area contributed by atoms with E-state index in [1.807, 2.05) is 20.8 Å². The first kappa shape index (κ1) is 16.1. The van der Waals surface area contributed by atoms with Crippen LogP contribution in [0.2, 0.25) is 10.0 Å². The van der Waals surface area contributed by atoms with Gasteiger partial charge in [0.2, 0.25) is 0 Å². The Labute approximate surface area is 123 Å². The molecular weight excluding hydrogens is 287 g/mol. The molecule has 0 heterocycles. The summed E-state index contributed by atoms with van der Waals surface area (Å²) in [4.78, 5) is 12.8. The molecule has 0 aliphatic rings. The van der Waals surface area contributed by atoms with Gasteiger partial charge in [0.15, 0.2) is 0 Å². The highest BCUT2D eigenvalue weighted by molar-refractivity contribution is 6.42. The number of halogens is 2. The van der Waals surface area contributed by atoms with Crippen molar-refractivity contribution in [2.24, 2.45) is 5.73 Å². The quantitative estimate of drug-likeness (QED) is 0.893. The van der Waals surface area contributed by atoms with Gasteiger partial charge in [0, 0.05) is 12.1 Å². The summed E-state index contributed by atoms with van der Waals surface area (Å²) in [5.74, 6) is 0. The fraction of sp³-hybridized carbons (Fsp3) is 0.462. The molecule has 19 heavy (non-hydrogen) atoms. The molecular formula is C13H18Cl2N2O2. The summed E-state index contributed by atoms with van der Waals surface area (Å²) in [6.45, 7) is 5.55. The number of nitrogens with zero attached hydrogens (tertiary/aromatic N) is 1. The maximum absolute atomic E-state index is 11.5. The van der Waals surface area contributed by atoms with Gasteiger partial charge in [0.05, 0.1) is 16.1 Å². The van der Waals surface area contributed by atoms with Gasteiger partial charge in [0.1, 0.15) is 0 Å². The van der Waals surface area contributed by atoms with Crippen LogP contribution in [0.5, 0.6) is 0 Å². The van der Waals surface area contributed by atoms with Crippen LogP contribution in [0.15, 0.2) is 18.2 Å². The van der Waals surface area contributed by atoms with Gasteiger partial charge in [0.25, 0.3) is 0 Å². The van der Waals surface area contributed by atoms with Gasteiger partial charge in [-0.1, -0.05) is 35.3 Å². The molecule has 6 heteroatoms. The van der Waals surface area contributed by atoms with E-state index in [2.05, 4.69) is 0 Å². The molecule has 0 radical (unpaired) electrons. The van der Waals surface area contributed by atoms with E-state index in [1.54, 1.807) is 18.2 Å². The lowest BCUT2D eigenvalue weighted by Gasteiger charge is -2.39. The van der Waals surface area contributed by atoms with Crippen LogP contribution < -0.4 is 5.73 Å². The first-order chi connectivity index (χ1) is 8.70. The van der Waals surface area contributed by atoms with E-state index in [-0.39, 0.29) is 6.54 Å². The smallest absolute Gasteiger partial charge is 0.408 e. The van der Waals surface area contributed by atoms with Crippen molar-refractivity contribution in [1.29, 1.82) is 0 Å². The average molecular weight is 305 g/mol. The Kier molecular flexibility index (Phi) is 5.07. The number of nitrogens with two attached hydrogens (primary N) is 1. The largest absolute Gasteiger partial charge is 0.465 e. The molecule has 1 amide bonds. The zero-order valence-corrected chi connectivity index (χ0v) is 12.7. The summed E-state index contributed by atoms with van der Waals surface area (Å²) in [5.41, 5.74) is 5.78. The molecule has 1 unspecified atom stereocenters. The highest BCUT2D eigenvalue weighted by Crippen LogP contribution is 2.35. The molecule has 0 saturated heterocycles. The van der Waals surface area contributed by atoms with Crippen LogP contribution in [0.1, 0.15) is 32.4 Å². The summed E-state index contributed by atoms with van der Waals surface area (Å²) in [5, 5.41) is 10.2. The maximum atomic E-state index is 11.5. The van der Waals surface area contributed by atoms with Crippen molar-refractivity contribution in [2.45, 2.75) is 32.4 Å². The molecule has 0 aliphatic heterocycles. The summed E-state index contributed by atoms with van der Waals surface area (Å²) >= 11 is 12.1. The molecule has 0 aromatic heterocycles. The van der Waals surface area contributed by atoms with Gasteiger partial charge in [-0.25, -0.2) is 4.79 Å². The normalized spacial score (nSPS) is 13.2. The molecule has 0 aliphatic carbocycles. The number of hydrogen-bond acceptors (Lipinski definition) is 2. The Morgan fingerprint density at radius 3 is 2.42 bits per heavy atom. The predicted octanol–water partition coefficient (Wildman–Crippen LogP) is 3.77. The SMILES string of the molecule is CC(C)(C)N(C(=O)O)C(CN)c1cccc(Cl)c1Cl. The molecule has 0 spiro atoms. The Hall–Kier alpha value is -0.970. The molecule has 0 fully saturated rings. The average Bonchev–Trinajstić information content (AvgIpc) is 2.27. The minimum Gasteiger partial charge on any atom is -0.465 e. The van der Waals surface area contributed by atoms with Crippen molar-refractivity contribution < 1.29 is 9.90 Å². The molecule has 106 valence electrons. The highest BCUT2D eigenvalue weighted by Gasteiger charge is 2.34. The first-order valence-corrected chi connectivity index (χ1v) is 6.62. The molecule has 1 rings (SSSR count). The fourth-order valence-electron chi connectivity index (χ4n) is 2.04. The van der Waals surface area contributed by atoms with E-state index in [4.69, 9.17) is 28.9 Å². The van der Waals surface area contributed by atoms with Crippen LogP contribution in [0, 0.1) is 0 Å². The van der Waals surface area contributed by atoms with Crippen LogP contribution in [-0.2, 0) is 0 Å². The van der Waals surface area contributed by atoms with E-state index < -0.39 is 17.7 Å². The highest BCUT2D eigenvalue weighted by atomic mass is 35.5. The van der Waals surface area contributed by atoms with Gasteiger partial charge in [-0.2, -0.15) is 0 Å². The second-order valence-corrected chi connectivity index (χ2v) is 6.00. The third-order valence-corrected chi connectivity index (χ3v) is 3.64. The number of rotatable bonds is 3. The summed E-state index contributed by atoms with van der Waals surface area (Å²) in [6.07, 6.45) is -1.04. The van der Waals surface area contributed by atoms with E-state index >= 15 is 0 Å². The van der Waals surface area contributed by atoms with Gasteiger partial charge in [-0.3, -0.25) is 4.90 Å². The van der Waals surface area contributed by atoms with E-state index in [0.717, 1.165) is 0 Å². The van der Waals surface area contributed by atoms with Crippen molar-refractivity contribution in [3.8, 4) is 0 Å². The zero-order valence-electron chi connectivity index (χ0n) is 11.2. The molecule has 1 atom stereocenters. The van der Waals surface area contributed by atoms with E-state index in [1.165, 1.54) is 4.90 Å². The second-order valence-electron chi connectivity index (χ2n) is 5.22. The summed E-state index contributed by atoms with van der Waals surface area (Å²) < 4.78 is 0. The van der Waals surface area contributed by atoms with Gasteiger partial charge in [-0.15, -0.1) is 0 Å². The van der Waals surface area contributed by atoms with Gasteiger partial charge in [-0.05, 0) is 32.4 Å². The molecule has 1 aromatic carbocycles. The number of hydrogen-bond donors (Lipinski definition) is 2. The number of carboxylic acid groups (broad SMARTS) is 1. The number of amides is 1. The summed E-state index contributed by atoms with van der Waals surface area (Å²) in [6, 6.07) is 4.59. The molecule has 4 nitrogen and oxygen atoms in total. The maximum Gasteiger partial charge on any atom is 0.408 e. The van der Waals surface area contributed by atoms with E-state index in [9.17, 15) is 9.90 Å². The van der Waals surface area contributed by atoms with Crippen molar-refractivity contribution in [1.82, 2.24) is 4.90 Å². The van der Waals surface area contributed by atoms with Crippen LogP contribution in [0.3, 0.4) is 0 Å². The topological polar surface area (TPSA) is 66.6 Å². The zero-order chi connectivity index (χ0) is 14.8. The third kappa shape index (κ3) is 3.53. The minimum absolute atomic E-state index is 0.129. The Morgan fingerprint density at radius 2 is 2.00 bits per heavy atom. The molecule has 3 N–H and O–H groups in total. The Bertz CT molecular complexity index is 472. The fourth-order valence-corrected chi connectivity index (χ4v) is 2.47. The van der Waals surface area contributed by atoms with Gasteiger partial charge >= 0.3 is 6.09 Å².